The van der Waals surface area contributed by atoms with Gasteiger partial charge in [-0.25, -0.2) is 4.99 Å². The number of aromatic nitrogens is 1. The van der Waals surface area contributed by atoms with E-state index in [1.54, 1.807) is 32.0 Å². The third-order valence-corrected chi connectivity index (χ3v) is 3.87. The van der Waals surface area contributed by atoms with Gasteiger partial charge in [-0.15, -0.1) is 0 Å². The smallest absolute Gasteiger partial charge is 0.433 e. The number of aryl methyl sites for hydroxylation is 1. The lowest BCUT2D eigenvalue weighted by molar-refractivity contribution is -0.141. The molecule has 0 fully saturated rings. The maximum Gasteiger partial charge on any atom is 0.433 e. The number of para-hydroxylation sites is 1. The monoisotopic (exact) mass is 354 g/mol. The van der Waals surface area contributed by atoms with Crippen molar-refractivity contribution in [2.24, 2.45) is 4.99 Å². The van der Waals surface area contributed by atoms with Gasteiger partial charge in [-0.05, 0) is 44.5 Å². The predicted molar refractivity (Wildman–Crippen MR) is 85.8 cm³/mol. The lowest BCUT2D eigenvalue weighted by Crippen LogP contribution is -2.32. The normalized spacial score (nSPS) is 16.2. The van der Waals surface area contributed by atoms with Gasteiger partial charge < -0.3 is 4.74 Å². The second-order valence-electron chi connectivity index (χ2n) is 6.01. The van der Waals surface area contributed by atoms with Crippen molar-refractivity contribution in [3.05, 3.63) is 57.9 Å². The highest BCUT2D eigenvalue weighted by Gasteiger charge is 2.35. The standard InChI is InChI=1S/C17H14ClF3N2O/c1-9-7-10(8-22-15(9)17(19,20)21)13-11-5-4-6-12(18)14(11)24-16(2,3)23-13/h4-8H,1-3H3. The van der Waals surface area contributed by atoms with Crippen LogP contribution in [-0.4, -0.2) is 16.4 Å². The average Bonchev–Trinajstić information content (AvgIpc) is 2.45. The Balaban J connectivity index is 2.17. The minimum absolute atomic E-state index is 0.0376. The van der Waals surface area contributed by atoms with Crippen LogP contribution in [0.1, 0.15) is 36.2 Å². The van der Waals surface area contributed by atoms with Gasteiger partial charge in [0.1, 0.15) is 5.69 Å². The fourth-order valence-corrected chi connectivity index (χ4v) is 2.84. The SMILES string of the molecule is Cc1cc(C2=NC(C)(C)Oc3c(Cl)cccc32)cnc1C(F)(F)F. The van der Waals surface area contributed by atoms with E-state index in [-0.39, 0.29) is 5.56 Å². The van der Waals surface area contributed by atoms with Crippen LogP contribution in [0.3, 0.4) is 0 Å². The van der Waals surface area contributed by atoms with Crippen molar-refractivity contribution in [2.75, 3.05) is 0 Å². The second kappa shape index (κ2) is 5.48. The fraction of sp³-hybridized carbons (Fsp3) is 0.294. The minimum Gasteiger partial charge on any atom is -0.465 e. The van der Waals surface area contributed by atoms with Gasteiger partial charge in [0.2, 0.25) is 0 Å². The Labute approximate surface area is 142 Å². The molecule has 0 N–H and O–H groups in total. The summed E-state index contributed by atoms with van der Waals surface area (Å²) in [6, 6.07) is 6.63. The van der Waals surface area contributed by atoms with Gasteiger partial charge in [0.25, 0.3) is 0 Å². The molecule has 2 aromatic rings. The molecule has 0 aliphatic carbocycles. The second-order valence-corrected chi connectivity index (χ2v) is 6.42. The van der Waals surface area contributed by atoms with Crippen LogP contribution in [0.2, 0.25) is 5.02 Å². The van der Waals surface area contributed by atoms with Crippen molar-refractivity contribution in [1.29, 1.82) is 0 Å². The number of benzene rings is 1. The molecule has 0 amide bonds. The zero-order valence-corrected chi connectivity index (χ0v) is 14.0. The molecule has 0 atom stereocenters. The summed E-state index contributed by atoms with van der Waals surface area (Å²) in [4.78, 5) is 8.10. The van der Waals surface area contributed by atoms with E-state index in [2.05, 4.69) is 9.98 Å². The number of aliphatic imine (C=N–C) groups is 1. The van der Waals surface area contributed by atoms with E-state index in [1.807, 2.05) is 0 Å². The molecule has 0 bridgehead atoms. The van der Waals surface area contributed by atoms with Gasteiger partial charge in [0, 0.05) is 17.3 Å². The van der Waals surface area contributed by atoms with E-state index in [1.165, 1.54) is 19.2 Å². The van der Waals surface area contributed by atoms with Crippen LogP contribution in [-0.2, 0) is 6.18 Å². The molecule has 1 aromatic carbocycles. The molecule has 1 aliphatic rings. The summed E-state index contributed by atoms with van der Waals surface area (Å²) >= 11 is 6.19. The van der Waals surface area contributed by atoms with Gasteiger partial charge in [-0.2, -0.15) is 13.2 Å². The van der Waals surface area contributed by atoms with Crippen molar-refractivity contribution in [3.8, 4) is 5.75 Å². The zero-order chi connectivity index (χ0) is 17.7. The number of halogens is 4. The summed E-state index contributed by atoms with van der Waals surface area (Å²) in [6.07, 6.45) is -3.30. The molecule has 1 aromatic heterocycles. The van der Waals surface area contributed by atoms with Crippen LogP contribution in [0.5, 0.6) is 5.75 Å². The molecule has 3 nitrogen and oxygen atoms in total. The van der Waals surface area contributed by atoms with Crippen molar-refractivity contribution in [1.82, 2.24) is 4.98 Å². The number of pyridine rings is 1. The summed E-state index contributed by atoms with van der Waals surface area (Å²) in [5.41, 5.74) is -0.125. The Morgan fingerprint density at radius 2 is 1.92 bits per heavy atom. The lowest BCUT2D eigenvalue weighted by Gasteiger charge is -2.30. The summed E-state index contributed by atoms with van der Waals surface area (Å²) in [7, 11) is 0. The van der Waals surface area contributed by atoms with Crippen LogP contribution in [0, 0.1) is 6.92 Å². The lowest BCUT2D eigenvalue weighted by atomic mass is 9.98. The fourth-order valence-electron chi connectivity index (χ4n) is 2.62. The number of ether oxygens (including phenoxy) is 1. The van der Waals surface area contributed by atoms with Gasteiger partial charge in [0.15, 0.2) is 11.5 Å². The molecule has 0 radical (unpaired) electrons. The number of rotatable bonds is 1. The molecular weight excluding hydrogens is 341 g/mol. The molecular formula is C17H14ClF3N2O. The molecule has 1 aliphatic heterocycles. The molecule has 0 unspecified atom stereocenters. The number of alkyl halides is 3. The minimum atomic E-state index is -4.49. The highest BCUT2D eigenvalue weighted by molar-refractivity contribution is 6.33. The van der Waals surface area contributed by atoms with E-state index in [4.69, 9.17) is 16.3 Å². The van der Waals surface area contributed by atoms with E-state index < -0.39 is 17.6 Å². The summed E-state index contributed by atoms with van der Waals surface area (Å²) in [5, 5.41) is 0.421. The summed E-state index contributed by atoms with van der Waals surface area (Å²) < 4.78 is 44.5. The van der Waals surface area contributed by atoms with Crippen LogP contribution >= 0.6 is 11.6 Å². The van der Waals surface area contributed by atoms with Gasteiger partial charge in [-0.3, -0.25) is 4.98 Å². The van der Waals surface area contributed by atoms with E-state index >= 15 is 0 Å². The first-order valence-corrected chi connectivity index (χ1v) is 7.58. The molecule has 24 heavy (non-hydrogen) atoms. The first-order chi connectivity index (χ1) is 11.1. The molecule has 0 spiro atoms. The summed E-state index contributed by atoms with van der Waals surface area (Å²) in [5.74, 6) is 0.465. The van der Waals surface area contributed by atoms with E-state index in [0.29, 0.717) is 27.6 Å². The van der Waals surface area contributed by atoms with Crippen molar-refractivity contribution in [3.63, 3.8) is 0 Å². The topological polar surface area (TPSA) is 34.5 Å². The predicted octanol–water partition coefficient (Wildman–Crippen LogP) is 5.03. The van der Waals surface area contributed by atoms with Gasteiger partial charge in [0.05, 0.1) is 10.7 Å². The molecule has 0 saturated carbocycles. The molecule has 2 heterocycles. The summed E-state index contributed by atoms with van der Waals surface area (Å²) in [6.45, 7) is 4.89. The van der Waals surface area contributed by atoms with Crippen LogP contribution in [0.4, 0.5) is 13.2 Å². The molecule has 3 rings (SSSR count). The number of hydrogen-bond acceptors (Lipinski definition) is 3. The van der Waals surface area contributed by atoms with Gasteiger partial charge >= 0.3 is 6.18 Å². The third-order valence-electron chi connectivity index (χ3n) is 3.58. The maximum absolute atomic E-state index is 12.9. The Hall–Kier alpha value is -2.08. The highest BCUT2D eigenvalue weighted by atomic mass is 35.5. The highest BCUT2D eigenvalue weighted by Crippen LogP contribution is 2.38. The van der Waals surface area contributed by atoms with Crippen molar-refractivity contribution in [2.45, 2.75) is 32.7 Å². The molecule has 126 valence electrons. The Kier molecular flexibility index (Phi) is 3.83. The van der Waals surface area contributed by atoms with Gasteiger partial charge in [-0.1, -0.05) is 17.7 Å². The van der Waals surface area contributed by atoms with Crippen LogP contribution < -0.4 is 4.74 Å². The average molecular weight is 355 g/mol. The van der Waals surface area contributed by atoms with E-state index in [9.17, 15) is 13.2 Å². The maximum atomic E-state index is 12.9. The largest absolute Gasteiger partial charge is 0.465 e. The number of hydrogen-bond donors (Lipinski definition) is 0. The number of fused-ring (bicyclic) bond motifs is 1. The zero-order valence-electron chi connectivity index (χ0n) is 13.2. The molecule has 7 heteroatoms. The first-order valence-electron chi connectivity index (χ1n) is 7.20. The molecule has 0 saturated heterocycles. The van der Waals surface area contributed by atoms with E-state index in [0.717, 1.165) is 0 Å². The van der Waals surface area contributed by atoms with Crippen LogP contribution in [0.15, 0.2) is 35.5 Å². The van der Waals surface area contributed by atoms with Crippen LogP contribution in [0.25, 0.3) is 0 Å². The Morgan fingerprint density at radius 1 is 1.21 bits per heavy atom. The quantitative estimate of drug-likeness (QED) is 0.720. The Bertz CT molecular complexity index is 844. The first kappa shape index (κ1) is 16.8. The number of nitrogens with zero attached hydrogens (tertiary/aromatic N) is 2. The van der Waals surface area contributed by atoms with Crippen molar-refractivity contribution < 1.29 is 17.9 Å². The van der Waals surface area contributed by atoms with Crippen molar-refractivity contribution >= 4 is 17.3 Å². The third kappa shape index (κ3) is 2.98. The Morgan fingerprint density at radius 3 is 2.54 bits per heavy atom.